The third-order valence-corrected chi connectivity index (χ3v) is 5.65. The van der Waals surface area contributed by atoms with Gasteiger partial charge in [0, 0.05) is 30.0 Å². The van der Waals surface area contributed by atoms with E-state index in [9.17, 15) is 4.79 Å². The minimum absolute atomic E-state index is 0.0484. The summed E-state index contributed by atoms with van der Waals surface area (Å²) in [6.45, 7) is 3.74. The van der Waals surface area contributed by atoms with E-state index in [4.69, 9.17) is 0 Å². The lowest BCUT2D eigenvalue weighted by Crippen LogP contribution is -2.39. The molecule has 1 fully saturated rings. The first-order valence-electron chi connectivity index (χ1n) is 8.65. The summed E-state index contributed by atoms with van der Waals surface area (Å²) in [4.78, 5) is 14.9. The van der Waals surface area contributed by atoms with Crippen molar-refractivity contribution >= 4 is 17.2 Å². The maximum absolute atomic E-state index is 12.9. The fraction of sp³-hybridized carbons (Fsp3) is 0.300. The Morgan fingerprint density at radius 3 is 3.00 bits per heavy atom. The Balaban J connectivity index is 1.51. The number of hydrogen-bond acceptors (Lipinski definition) is 3. The van der Waals surface area contributed by atoms with Crippen LogP contribution in [0.3, 0.4) is 0 Å². The van der Waals surface area contributed by atoms with Gasteiger partial charge in [0.15, 0.2) is 0 Å². The molecule has 1 aliphatic rings. The first-order valence-corrected chi connectivity index (χ1v) is 9.59. The predicted octanol–water partition coefficient (Wildman–Crippen LogP) is 4.47. The van der Waals surface area contributed by atoms with Crippen LogP contribution in [0.1, 0.15) is 40.4 Å². The van der Waals surface area contributed by atoms with Crippen LogP contribution in [0.15, 0.2) is 47.2 Å². The standard InChI is InChI=1S/C20H21N3OS/c1-14-5-2-3-7-17(14)15-6-4-9-23(12-15)20(24)19-11-18(21-22-19)16-8-10-25-13-16/h2-3,5,7-8,10-11,13,15H,4,6,9,12H2,1H3,(H,21,22). The normalized spacial score (nSPS) is 17.6. The van der Waals surface area contributed by atoms with Crippen molar-refractivity contribution in [1.29, 1.82) is 0 Å². The molecule has 0 bridgehead atoms. The average molecular weight is 351 g/mol. The summed E-state index contributed by atoms with van der Waals surface area (Å²) in [5.41, 5.74) is 5.13. The zero-order valence-corrected chi connectivity index (χ0v) is 15.1. The predicted molar refractivity (Wildman–Crippen MR) is 101 cm³/mol. The molecule has 4 nitrogen and oxygen atoms in total. The fourth-order valence-electron chi connectivity index (χ4n) is 3.62. The number of carbonyl (C=O) groups excluding carboxylic acids is 1. The molecule has 1 aliphatic heterocycles. The highest BCUT2D eigenvalue weighted by atomic mass is 32.1. The molecular formula is C20H21N3OS. The molecule has 1 saturated heterocycles. The Bertz CT molecular complexity index is 869. The maximum atomic E-state index is 12.9. The number of thiophene rings is 1. The van der Waals surface area contributed by atoms with Crippen molar-refractivity contribution < 1.29 is 4.79 Å². The van der Waals surface area contributed by atoms with Gasteiger partial charge in [-0.15, -0.1) is 0 Å². The van der Waals surface area contributed by atoms with E-state index < -0.39 is 0 Å². The summed E-state index contributed by atoms with van der Waals surface area (Å²) in [5.74, 6) is 0.463. The molecule has 1 N–H and O–H groups in total. The second kappa shape index (κ2) is 6.84. The number of rotatable bonds is 3. The second-order valence-corrected chi connectivity index (χ2v) is 7.41. The lowest BCUT2D eigenvalue weighted by molar-refractivity contribution is 0.0701. The zero-order chi connectivity index (χ0) is 17.2. The summed E-state index contributed by atoms with van der Waals surface area (Å²) in [6, 6.07) is 12.4. The number of carbonyl (C=O) groups is 1. The molecule has 5 heteroatoms. The smallest absolute Gasteiger partial charge is 0.271 e. The van der Waals surface area contributed by atoms with Gasteiger partial charge in [0.1, 0.15) is 5.69 Å². The number of H-pyrrole nitrogens is 1. The van der Waals surface area contributed by atoms with Gasteiger partial charge in [-0.2, -0.15) is 16.4 Å². The van der Waals surface area contributed by atoms with Crippen LogP contribution >= 0.6 is 11.3 Å². The maximum Gasteiger partial charge on any atom is 0.271 e. The Kier molecular flexibility index (Phi) is 4.40. The first-order chi connectivity index (χ1) is 12.2. The molecule has 0 aliphatic carbocycles. The summed E-state index contributed by atoms with van der Waals surface area (Å²) < 4.78 is 0. The van der Waals surface area contributed by atoms with Crippen molar-refractivity contribution in [2.75, 3.05) is 13.1 Å². The number of amides is 1. The van der Waals surface area contributed by atoms with Crippen molar-refractivity contribution in [2.24, 2.45) is 0 Å². The molecule has 0 radical (unpaired) electrons. The molecule has 3 aromatic rings. The lowest BCUT2D eigenvalue weighted by atomic mass is 9.88. The van der Waals surface area contributed by atoms with Crippen molar-refractivity contribution in [1.82, 2.24) is 15.1 Å². The molecule has 4 rings (SSSR count). The number of benzene rings is 1. The van der Waals surface area contributed by atoms with Gasteiger partial charge in [-0.3, -0.25) is 9.89 Å². The van der Waals surface area contributed by atoms with E-state index in [-0.39, 0.29) is 5.91 Å². The largest absolute Gasteiger partial charge is 0.337 e. The number of aryl methyl sites for hydroxylation is 1. The topological polar surface area (TPSA) is 49.0 Å². The van der Waals surface area contributed by atoms with Gasteiger partial charge in [-0.05, 0) is 48.4 Å². The van der Waals surface area contributed by atoms with Gasteiger partial charge in [0.25, 0.3) is 5.91 Å². The molecule has 25 heavy (non-hydrogen) atoms. The van der Waals surface area contributed by atoms with Crippen LogP contribution in [0.4, 0.5) is 0 Å². The zero-order valence-electron chi connectivity index (χ0n) is 14.2. The van der Waals surface area contributed by atoms with Gasteiger partial charge in [0.2, 0.25) is 0 Å². The third kappa shape index (κ3) is 3.24. The van der Waals surface area contributed by atoms with Crippen LogP contribution in [-0.2, 0) is 0 Å². The molecular weight excluding hydrogens is 330 g/mol. The highest BCUT2D eigenvalue weighted by Gasteiger charge is 2.27. The van der Waals surface area contributed by atoms with Gasteiger partial charge < -0.3 is 4.90 Å². The van der Waals surface area contributed by atoms with Crippen molar-refractivity contribution in [3.8, 4) is 11.3 Å². The van der Waals surface area contributed by atoms with Crippen molar-refractivity contribution in [3.05, 3.63) is 64.0 Å². The molecule has 1 unspecified atom stereocenters. The second-order valence-electron chi connectivity index (χ2n) is 6.63. The van der Waals surface area contributed by atoms with Crippen LogP contribution in [0, 0.1) is 6.92 Å². The highest BCUT2D eigenvalue weighted by Crippen LogP contribution is 2.30. The number of hydrogen-bond donors (Lipinski definition) is 1. The third-order valence-electron chi connectivity index (χ3n) is 4.96. The van der Waals surface area contributed by atoms with E-state index in [2.05, 4.69) is 41.4 Å². The SMILES string of the molecule is Cc1ccccc1C1CCCN(C(=O)c2cc(-c3ccsc3)n[nH]2)C1. The molecule has 2 aromatic heterocycles. The van der Waals surface area contributed by atoms with E-state index in [0.717, 1.165) is 37.2 Å². The molecule has 3 heterocycles. The number of nitrogens with one attached hydrogen (secondary N) is 1. The number of nitrogens with zero attached hydrogens (tertiary/aromatic N) is 2. The molecule has 1 aromatic carbocycles. The molecule has 0 saturated carbocycles. The lowest BCUT2D eigenvalue weighted by Gasteiger charge is -2.33. The van der Waals surface area contributed by atoms with Crippen LogP contribution in [0.5, 0.6) is 0 Å². The minimum atomic E-state index is 0.0484. The van der Waals surface area contributed by atoms with E-state index >= 15 is 0 Å². The summed E-state index contributed by atoms with van der Waals surface area (Å²) in [7, 11) is 0. The van der Waals surface area contributed by atoms with Gasteiger partial charge in [-0.1, -0.05) is 24.3 Å². The Morgan fingerprint density at radius 2 is 2.20 bits per heavy atom. The van der Waals surface area contributed by atoms with Crippen LogP contribution in [0.2, 0.25) is 0 Å². The highest BCUT2D eigenvalue weighted by molar-refractivity contribution is 7.08. The van der Waals surface area contributed by atoms with Crippen molar-refractivity contribution in [3.63, 3.8) is 0 Å². The Labute approximate surface area is 151 Å². The molecule has 0 spiro atoms. The van der Waals surface area contributed by atoms with Gasteiger partial charge >= 0.3 is 0 Å². The van der Waals surface area contributed by atoms with Crippen molar-refractivity contribution in [2.45, 2.75) is 25.7 Å². The average Bonchev–Trinajstić information content (AvgIpc) is 3.33. The number of piperidine rings is 1. The van der Waals surface area contributed by atoms with E-state index in [1.54, 1.807) is 11.3 Å². The number of aromatic amines is 1. The van der Waals surface area contributed by atoms with E-state index in [0.29, 0.717) is 11.6 Å². The summed E-state index contributed by atoms with van der Waals surface area (Å²) in [5, 5.41) is 11.3. The summed E-state index contributed by atoms with van der Waals surface area (Å²) in [6.07, 6.45) is 2.17. The van der Waals surface area contributed by atoms with Crippen LogP contribution in [0.25, 0.3) is 11.3 Å². The molecule has 1 amide bonds. The van der Waals surface area contributed by atoms with E-state index in [1.807, 2.05) is 27.8 Å². The quantitative estimate of drug-likeness (QED) is 0.757. The minimum Gasteiger partial charge on any atom is -0.337 e. The first kappa shape index (κ1) is 16.1. The fourth-order valence-corrected chi connectivity index (χ4v) is 4.27. The Morgan fingerprint density at radius 1 is 1.32 bits per heavy atom. The summed E-state index contributed by atoms with van der Waals surface area (Å²) >= 11 is 1.63. The Hall–Kier alpha value is -2.40. The number of aromatic nitrogens is 2. The monoisotopic (exact) mass is 351 g/mol. The van der Waals surface area contributed by atoms with Gasteiger partial charge in [0.05, 0.1) is 5.69 Å². The van der Waals surface area contributed by atoms with E-state index in [1.165, 1.54) is 11.1 Å². The molecule has 128 valence electrons. The van der Waals surface area contributed by atoms with Crippen LogP contribution in [-0.4, -0.2) is 34.1 Å². The van der Waals surface area contributed by atoms with Gasteiger partial charge in [-0.25, -0.2) is 0 Å². The molecule has 1 atom stereocenters. The van der Waals surface area contributed by atoms with Crippen LogP contribution < -0.4 is 0 Å². The number of likely N-dealkylation sites (tertiary alicyclic amines) is 1.